The molecule has 0 atom stereocenters. The van der Waals surface area contributed by atoms with Crippen LogP contribution in [-0.2, 0) is 9.59 Å². The van der Waals surface area contributed by atoms with Crippen LogP contribution >= 0.6 is 0 Å². The fraction of sp³-hybridized carbons (Fsp3) is 0.400. The van der Waals surface area contributed by atoms with E-state index in [0.717, 1.165) is 0 Å². The molecule has 0 fully saturated rings. The third kappa shape index (κ3) is 2.06. The number of carbonyl (C=O) groups excluding carboxylic acids is 2. The maximum absolute atomic E-state index is 11.7. The van der Waals surface area contributed by atoms with E-state index in [0.29, 0.717) is 29.6 Å². The molecular formula is C10H14B2O2. The summed E-state index contributed by atoms with van der Waals surface area (Å²) in [5.74, 6) is 0.428. The van der Waals surface area contributed by atoms with E-state index in [1.807, 2.05) is 13.8 Å². The number of Topliss-reactive ketones (excluding diaryl/α,β-unsaturated/α-hetero) is 1. The zero-order valence-corrected chi connectivity index (χ0v) is 9.18. The smallest absolute Gasteiger partial charge is 0.175 e. The molecule has 1 aliphatic rings. The number of hydrogen-bond donors (Lipinski definition) is 0. The zero-order valence-electron chi connectivity index (χ0n) is 9.18. The lowest BCUT2D eigenvalue weighted by Crippen LogP contribution is -2.22. The molecule has 1 rings (SSSR count). The SMILES string of the molecule is BC1=C(C)C(=O)C(BC(C)C)=CC1=O. The highest BCUT2D eigenvalue weighted by molar-refractivity contribution is 6.60. The van der Waals surface area contributed by atoms with Crippen LogP contribution in [0.15, 0.2) is 22.6 Å². The Kier molecular flexibility index (Phi) is 3.14. The van der Waals surface area contributed by atoms with Gasteiger partial charge in [0.2, 0.25) is 0 Å². The van der Waals surface area contributed by atoms with Crippen LogP contribution in [0.25, 0.3) is 0 Å². The first-order chi connectivity index (χ1) is 6.43. The second-order valence-electron chi connectivity index (χ2n) is 4.21. The van der Waals surface area contributed by atoms with E-state index in [-0.39, 0.29) is 11.6 Å². The minimum Gasteiger partial charge on any atom is -0.291 e. The zero-order chi connectivity index (χ0) is 10.9. The van der Waals surface area contributed by atoms with Crippen molar-refractivity contribution in [1.29, 1.82) is 0 Å². The number of allylic oxidation sites excluding steroid dienone is 4. The van der Waals surface area contributed by atoms with E-state index < -0.39 is 0 Å². The number of ketones is 2. The van der Waals surface area contributed by atoms with Gasteiger partial charge in [0.25, 0.3) is 0 Å². The number of rotatable bonds is 2. The highest BCUT2D eigenvalue weighted by Crippen LogP contribution is 2.18. The summed E-state index contributed by atoms with van der Waals surface area (Å²) < 4.78 is 0. The molecule has 0 bridgehead atoms. The van der Waals surface area contributed by atoms with Crippen molar-refractivity contribution in [3.05, 3.63) is 22.6 Å². The van der Waals surface area contributed by atoms with Gasteiger partial charge in [-0.15, -0.1) is 0 Å². The van der Waals surface area contributed by atoms with Crippen molar-refractivity contribution in [3.8, 4) is 0 Å². The maximum atomic E-state index is 11.7. The second kappa shape index (κ2) is 3.99. The van der Waals surface area contributed by atoms with Crippen molar-refractivity contribution >= 4 is 26.7 Å². The Morgan fingerprint density at radius 2 is 1.93 bits per heavy atom. The fourth-order valence-corrected chi connectivity index (χ4v) is 1.52. The molecule has 0 saturated carbocycles. The van der Waals surface area contributed by atoms with Gasteiger partial charge in [0, 0.05) is 0 Å². The Balaban J connectivity index is 2.98. The molecule has 0 amide bonds. The fourth-order valence-electron chi connectivity index (χ4n) is 1.52. The van der Waals surface area contributed by atoms with Gasteiger partial charge < -0.3 is 0 Å². The quantitative estimate of drug-likeness (QED) is 0.457. The molecule has 14 heavy (non-hydrogen) atoms. The molecule has 4 heteroatoms. The molecule has 0 spiro atoms. The molecule has 72 valence electrons. The molecule has 0 aromatic rings. The standard InChI is InChI=1S/C10H14B2O2/c1-5(2)12-7-4-8(13)9(11)6(3)10(7)14/h4-5,12H,11H2,1-3H3. The van der Waals surface area contributed by atoms with E-state index in [4.69, 9.17) is 0 Å². The molecule has 0 radical (unpaired) electrons. The molecule has 0 aliphatic heterocycles. The summed E-state index contributed by atoms with van der Waals surface area (Å²) >= 11 is 0. The summed E-state index contributed by atoms with van der Waals surface area (Å²) in [4.78, 5) is 23.2. The van der Waals surface area contributed by atoms with E-state index in [2.05, 4.69) is 0 Å². The van der Waals surface area contributed by atoms with Crippen LogP contribution in [0.5, 0.6) is 0 Å². The predicted molar refractivity (Wildman–Crippen MR) is 61.6 cm³/mol. The lowest BCUT2D eigenvalue weighted by atomic mass is 9.56. The van der Waals surface area contributed by atoms with E-state index in [9.17, 15) is 9.59 Å². The van der Waals surface area contributed by atoms with Gasteiger partial charge in [-0.2, -0.15) is 0 Å². The third-order valence-corrected chi connectivity index (χ3v) is 2.50. The van der Waals surface area contributed by atoms with Gasteiger partial charge in [-0.05, 0) is 29.5 Å². The topological polar surface area (TPSA) is 34.1 Å². The van der Waals surface area contributed by atoms with Gasteiger partial charge in [-0.3, -0.25) is 9.59 Å². The minimum atomic E-state index is -0.0160. The summed E-state index contributed by atoms with van der Waals surface area (Å²) in [5, 5.41) is 0. The average molecular weight is 188 g/mol. The van der Waals surface area contributed by atoms with E-state index in [1.54, 1.807) is 14.8 Å². The molecule has 0 heterocycles. The average Bonchev–Trinajstić information content (AvgIpc) is 2.10. The Bertz CT molecular complexity index is 351. The first kappa shape index (κ1) is 11.0. The van der Waals surface area contributed by atoms with Gasteiger partial charge in [-0.1, -0.05) is 19.7 Å². The molecular weight excluding hydrogens is 174 g/mol. The van der Waals surface area contributed by atoms with Crippen LogP contribution < -0.4 is 0 Å². The van der Waals surface area contributed by atoms with Gasteiger partial charge in [-0.25, -0.2) is 0 Å². The van der Waals surface area contributed by atoms with Crippen molar-refractivity contribution in [3.63, 3.8) is 0 Å². The monoisotopic (exact) mass is 188 g/mol. The van der Waals surface area contributed by atoms with Crippen LogP contribution in [0.4, 0.5) is 0 Å². The van der Waals surface area contributed by atoms with Gasteiger partial charge in [0.1, 0.15) is 7.85 Å². The summed E-state index contributed by atoms with van der Waals surface area (Å²) in [5.41, 5.74) is 1.85. The Labute approximate surface area is 86.1 Å². The molecule has 0 aromatic heterocycles. The molecule has 0 unspecified atom stereocenters. The highest BCUT2D eigenvalue weighted by Gasteiger charge is 2.23. The van der Waals surface area contributed by atoms with E-state index >= 15 is 0 Å². The minimum absolute atomic E-state index is 0.0160. The molecule has 1 aliphatic carbocycles. The first-order valence-electron chi connectivity index (χ1n) is 4.90. The van der Waals surface area contributed by atoms with Gasteiger partial charge >= 0.3 is 0 Å². The molecule has 0 saturated heterocycles. The largest absolute Gasteiger partial charge is 0.291 e. The Hall–Kier alpha value is -1.05. The maximum Gasteiger partial charge on any atom is 0.175 e. The molecule has 2 nitrogen and oxygen atoms in total. The van der Waals surface area contributed by atoms with Crippen molar-refractivity contribution in [2.75, 3.05) is 0 Å². The van der Waals surface area contributed by atoms with Gasteiger partial charge in [0.15, 0.2) is 18.8 Å². The van der Waals surface area contributed by atoms with Crippen LogP contribution in [0.2, 0.25) is 5.82 Å². The van der Waals surface area contributed by atoms with Crippen LogP contribution in [0.1, 0.15) is 20.8 Å². The number of hydrogen-bond acceptors (Lipinski definition) is 2. The predicted octanol–water partition coefficient (Wildman–Crippen LogP) is 0.194. The van der Waals surface area contributed by atoms with E-state index in [1.165, 1.54) is 6.08 Å². The van der Waals surface area contributed by atoms with Crippen molar-refractivity contribution in [2.24, 2.45) is 0 Å². The van der Waals surface area contributed by atoms with Crippen molar-refractivity contribution in [2.45, 2.75) is 26.6 Å². The summed E-state index contributed by atoms with van der Waals surface area (Å²) in [6.45, 7) is 5.81. The van der Waals surface area contributed by atoms with Crippen LogP contribution in [0.3, 0.4) is 0 Å². The lowest BCUT2D eigenvalue weighted by Gasteiger charge is -2.14. The highest BCUT2D eigenvalue weighted by atomic mass is 16.1. The third-order valence-electron chi connectivity index (χ3n) is 2.50. The van der Waals surface area contributed by atoms with Crippen molar-refractivity contribution < 1.29 is 9.59 Å². The molecule has 0 aromatic carbocycles. The Morgan fingerprint density at radius 1 is 1.36 bits per heavy atom. The lowest BCUT2D eigenvalue weighted by molar-refractivity contribution is -0.115. The summed E-state index contributed by atoms with van der Waals surface area (Å²) in [6.07, 6.45) is 1.49. The number of carbonyl (C=O) groups is 2. The summed E-state index contributed by atoms with van der Waals surface area (Å²) in [7, 11) is 2.40. The van der Waals surface area contributed by atoms with Crippen LogP contribution in [0, 0.1) is 0 Å². The second-order valence-corrected chi connectivity index (χ2v) is 4.21. The normalized spacial score (nSPS) is 17.6. The Morgan fingerprint density at radius 3 is 2.43 bits per heavy atom. The van der Waals surface area contributed by atoms with Gasteiger partial charge in [0.05, 0.1) is 0 Å². The van der Waals surface area contributed by atoms with Crippen molar-refractivity contribution in [1.82, 2.24) is 0 Å². The first-order valence-corrected chi connectivity index (χ1v) is 4.90. The molecule has 0 N–H and O–H groups in total. The van der Waals surface area contributed by atoms with Crippen LogP contribution in [-0.4, -0.2) is 26.7 Å². The summed E-state index contributed by atoms with van der Waals surface area (Å²) in [6, 6.07) is 0.